The first-order valence-electron chi connectivity index (χ1n) is 8.64. The van der Waals surface area contributed by atoms with Crippen LogP contribution in [0.2, 0.25) is 0 Å². The van der Waals surface area contributed by atoms with Gasteiger partial charge in [-0.1, -0.05) is 0 Å². The Labute approximate surface area is 152 Å². The third-order valence-corrected chi connectivity index (χ3v) is 4.41. The van der Waals surface area contributed by atoms with Crippen molar-refractivity contribution in [1.82, 2.24) is 0 Å². The molecule has 0 aliphatic heterocycles. The first-order chi connectivity index (χ1) is 12.3. The fraction of sp³-hybridized carbons (Fsp3) is 0.450. The van der Waals surface area contributed by atoms with E-state index in [1.54, 1.807) is 32.9 Å². The van der Waals surface area contributed by atoms with E-state index in [4.69, 9.17) is 13.9 Å². The van der Waals surface area contributed by atoms with Crippen molar-refractivity contribution in [2.75, 3.05) is 6.61 Å². The molecule has 6 nitrogen and oxygen atoms in total. The van der Waals surface area contributed by atoms with Crippen molar-refractivity contribution in [3.05, 3.63) is 39.2 Å². The van der Waals surface area contributed by atoms with Gasteiger partial charge in [0.05, 0.1) is 6.61 Å². The van der Waals surface area contributed by atoms with Crippen LogP contribution in [0.25, 0.3) is 11.0 Å². The molecule has 1 heterocycles. The summed E-state index contributed by atoms with van der Waals surface area (Å²) in [5, 5.41) is 0.781. The molecule has 0 saturated carbocycles. The van der Waals surface area contributed by atoms with Gasteiger partial charge in [0.25, 0.3) is 0 Å². The number of aryl methyl sites for hydroxylation is 2. The van der Waals surface area contributed by atoms with E-state index in [9.17, 15) is 14.4 Å². The number of esters is 1. The van der Waals surface area contributed by atoms with Gasteiger partial charge in [-0.05, 0) is 58.7 Å². The van der Waals surface area contributed by atoms with E-state index in [-0.39, 0.29) is 24.6 Å². The van der Waals surface area contributed by atoms with Crippen LogP contribution in [0.5, 0.6) is 5.75 Å². The smallest absolute Gasteiger partial charge is 0.339 e. The lowest BCUT2D eigenvalue weighted by molar-refractivity contribution is -0.143. The zero-order valence-electron chi connectivity index (χ0n) is 15.8. The number of ketones is 1. The Hall–Kier alpha value is -2.63. The molecule has 1 atom stereocenters. The van der Waals surface area contributed by atoms with Crippen LogP contribution in [-0.2, 0) is 20.7 Å². The summed E-state index contributed by atoms with van der Waals surface area (Å²) in [6.07, 6.45) is -0.189. The Morgan fingerprint density at radius 1 is 1.19 bits per heavy atom. The van der Waals surface area contributed by atoms with Crippen molar-refractivity contribution in [2.24, 2.45) is 0 Å². The van der Waals surface area contributed by atoms with E-state index >= 15 is 0 Å². The predicted octanol–water partition coefficient (Wildman–Crippen LogP) is 3.26. The van der Waals surface area contributed by atoms with Crippen molar-refractivity contribution in [3.63, 3.8) is 0 Å². The second kappa shape index (κ2) is 8.17. The van der Waals surface area contributed by atoms with Gasteiger partial charge >= 0.3 is 11.6 Å². The number of carbonyl (C=O) groups is 2. The quantitative estimate of drug-likeness (QED) is 0.557. The number of ether oxygens (including phenoxy) is 2. The molecule has 0 N–H and O–H groups in total. The second-order valence-corrected chi connectivity index (χ2v) is 6.23. The zero-order chi connectivity index (χ0) is 19.4. The highest BCUT2D eigenvalue weighted by molar-refractivity contribution is 5.86. The van der Waals surface area contributed by atoms with Crippen molar-refractivity contribution in [3.8, 4) is 5.75 Å². The molecule has 6 heteroatoms. The van der Waals surface area contributed by atoms with E-state index < -0.39 is 11.7 Å². The minimum absolute atomic E-state index is 0.0866. The topological polar surface area (TPSA) is 82.8 Å². The van der Waals surface area contributed by atoms with E-state index in [0.717, 1.165) is 10.9 Å². The maximum absolute atomic E-state index is 12.4. The van der Waals surface area contributed by atoms with Crippen LogP contribution in [0, 0.1) is 13.8 Å². The highest BCUT2D eigenvalue weighted by Gasteiger charge is 2.18. The number of carbonyl (C=O) groups excluding carboxylic acids is 2. The summed E-state index contributed by atoms with van der Waals surface area (Å²) < 4.78 is 16.1. The number of benzene rings is 1. The molecular formula is C20H24O6. The van der Waals surface area contributed by atoms with Gasteiger partial charge in [0.1, 0.15) is 11.3 Å². The Morgan fingerprint density at radius 2 is 1.88 bits per heavy atom. The zero-order valence-corrected chi connectivity index (χ0v) is 15.8. The van der Waals surface area contributed by atoms with E-state index in [1.165, 1.54) is 6.92 Å². The molecule has 2 rings (SSSR count). The molecule has 140 valence electrons. The SMILES string of the molecule is CCOC(=O)CCc1c(C)c2ccc(O[C@@H](C)C(C)=O)c(C)c2oc1=O. The van der Waals surface area contributed by atoms with E-state index in [2.05, 4.69) is 0 Å². The molecule has 1 aromatic heterocycles. The van der Waals surface area contributed by atoms with Gasteiger partial charge in [-0.3, -0.25) is 9.59 Å². The summed E-state index contributed by atoms with van der Waals surface area (Å²) in [5.74, 6) is 0.0722. The summed E-state index contributed by atoms with van der Waals surface area (Å²) in [6.45, 7) is 8.80. The number of hydrogen-bond acceptors (Lipinski definition) is 6. The molecule has 26 heavy (non-hydrogen) atoms. The molecule has 0 bridgehead atoms. The number of hydrogen-bond donors (Lipinski definition) is 0. The molecule has 0 saturated heterocycles. The highest BCUT2D eigenvalue weighted by Crippen LogP contribution is 2.30. The van der Waals surface area contributed by atoms with Gasteiger partial charge < -0.3 is 13.9 Å². The average Bonchev–Trinajstić information content (AvgIpc) is 2.57. The third-order valence-electron chi connectivity index (χ3n) is 4.41. The van der Waals surface area contributed by atoms with Crippen LogP contribution in [-0.4, -0.2) is 24.5 Å². The molecule has 2 aromatic rings. The third kappa shape index (κ3) is 4.12. The summed E-state index contributed by atoms with van der Waals surface area (Å²) in [5.41, 5.74) is 1.86. The second-order valence-electron chi connectivity index (χ2n) is 6.23. The maximum Gasteiger partial charge on any atom is 0.339 e. The molecule has 0 unspecified atom stereocenters. The van der Waals surface area contributed by atoms with Gasteiger partial charge in [-0.25, -0.2) is 4.79 Å². The Kier molecular flexibility index (Phi) is 6.18. The standard InChI is InChI=1S/C20H24O6/c1-6-24-18(22)10-8-16-11(2)15-7-9-17(25-14(5)13(4)21)12(3)19(15)26-20(16)23/h7,9,14H,6,8,10H2,1-5H3/t14-/m0/s1. The first kappa shape index (κ1) is 19.7. The summed E-state index contributed by atoms with van der Waals surface area (Å²) in [4.78, 5) is 35.4. The summed E-state index contributed by atoms with van der Waals surface area (Å²) in [7, 11) is 0. The Bertz CT molecular complexity index is 893. The number of rotatable bonds is 7. The van der Waals surface area contributed by atoms with Crippen LogP contribution < -0.4 is 10.4 Å². The van der Waals surface area contributed by atoms with Crippen LogP contribution in [0.15, 0.2) is 21.3 Å². The van der Waals surface area contributed by atoms with Gasteiger partial charge in [0, 0.05) is 22.9 Å². The lowest BCUT2D eigenvalue weighted by Crippen LogP contribution is -2.21. The van der Waals surface area contributed by atoms with Crippen molar-refractivity contribution >= 4 is 22.7 Å². The van der Waals surface area contributed by atoms with Crippen molar-refractivity contribution in [1.29, 1.82) is 0 Å². The van der Waals surface area contributed by atoms with Crippen LogP contribution in [0.1, 0.15) is 43.9 Å². The monoisotopic (exact) mass is 360 g/mol. The molecule has 0 aliphatic carbocycles. The minimum Gasteiger partial charge on any atom is -0.483 e. The average molecular weight is 360 g/mol. The lowest BCUT2D eigenvalue weighted by atomic mass is 10.0. The fourth-order valence-electron chi connectivity index (χ4n) is 2.72. The molecule has 0 radical (unpaired) electrons. The first-order valence-corrected chi connectivity index (χ1v) is 8.64. The fourth-order valence-corrected chi connectivity index (χ4v) is 2.72. The van der Waals surface area contributed by atoms with Gasteiger partial charge in [-0.2, -0.15) is 0 Å². The predicted molar refractivity (Wildman–Crippen MR) is 97.7 cm³/mol. The minimum atomic E-state index is -0.581. The van der Waals surface area contributed by atoms with Gasteiger partial charge in [0.2, 0.25) is 0 Å². The Balaban J connectivity index is 2.41. The maximum atomic E-state index is 12.4. The molecule has 1 aromatic carbocycles. The largest absolute Gasteiger partial charge is 0.483 e. The molecule has 0 spiro atoms. The van der Waals surface area contributed by atoms with E-state index in [1.807, 2.05) is 6.92 Å². The molecular weight excluding hydrogens is 336 g/mol. The van der Waals surface area contributed by atoms with Crippen LogP contribution >= 0.6 is 0 Å². The van der Waals surface area contributed by atoms with Crippen LogP contribution in [0.3, 0.4) is 0 Å². The number of Topliss-reactive ketones (excluding diaryl/α,β-unsaturated/α-hetero) is 1. The lowest BCUT2D eigenvalue weighted by Gasteiger charge is -2.16. The molecule has 0 amide bonds. The van der Waals surface area contributed by atoms with Gasteiger partial charge in [-0.15, -0.1) is 0 Å². The summed E-state index contributed by atoms with van der Waals surface area (Å²) >= 11 is 0. The number of fused-ring (bicyclic) bond motifs is 1. The molecule has 0 aliphatic rings. The van der Waals surface area contributed by atoms with Crippen molar-refractivity contribution < 1.29 is 23.5 Å². The normalized spacial score (nSPS) is 12.0. The van der Waals surface area contributed by atoms with Crippen molar-refractivity contribution in [2.45, 2.75) is 53.6 Å². The highest BCUT2D eigenvalue weighted by atomic mass is 16.5. The van der Waals surface area contributed by atoms with E-state index in [0.29, 0.717) is 29.1 Å². The summed E-state index contributed by atoms with van der Waals surface area (Å²) in [6, 6.07) is 3.57. The van der Waals surface area contributed by atoms with Crippen LogP contribution in [0.4, 0.5) is 0 Å². The molecule has 0 fully saturated rings. The van der Waals surface area contributed by atoms with Gasteiger partial charge in [0.15, 0.2) is 11.9 Å². The Morgan fingerprint density at radius 3 is 2.50 bits per heavy atom.